The van der Waals surface area contributed by atoms with Crippen molar-refractivity contribution in [2.24, 2.45) is 0 Å². The summed E-state index contributed by atoms with van der Waals surface area (Å²) in [5.74, 6) is 0. The number of hydrogen-bond acceptors (Lipinski definition) is 3. The number of nitrogens with one attached hydrogen (secondary N) is 1. The maximum absolute atomic E-state index is 12.1. The molecule has 0 bridgehead atoms. The first kappa shape index (κ1) is 20.0. The predicted octanol–water partition coefficient (Wildman–Crippen LogP) is 4.23. The van der Waals surface area contributed by atoms with Crippen LogP contribution in [0.15, 0.2) is 28.7 Å². The average molecular weight is 385 g/mol. The zero-order chi connectivity index (χ0) is 17.5. The Labute approximate surface area is 148 Å². The van der Waals surface area contributed by atoms with Gasteiger partial charge in [-0.25, -0.2) is 4.79 Å². The smallest absolute Gasteiger partial charge is 0.410 e. The van der Waals surface area contributed by atoms with Crippen molar-refractivity contribution in [3.05, 3.63) is 34.3 Å². The van der Waals surface area contributed by atoms with E-state index in [9.17, 15) is 4.79 Å². The molecule has 1 aromatic rings. The summed E-state index contributed by atoms with van der Waals surface area (Å²) in [7, 11) is 0. The van der Waals surface area contributed by atoms with Crippen LogP contribution in [0.3, 0.4) is 0 Å². The van der Waals surface area contributed by atoms with Crippen molar-refractivity contribution < 1.29 is 9.53 Å². The van der Waals surface area contributed by atoms with Crippen molar-refractivity contribution in [2.45, 2.75) is 52.7 Å². The summed E-state index contributed by atoms with van der Waals surface area (Å²) in [6.07, 6.45) is 0.716. The van der Waals surface area contributed by atoms with Crippen molar-refractivity contribution in [1.82, 2.24) is 10.2 Å². The Bertz CT molecular complexity index is 483. The maximum atomic E-state index is 12.1. The van der Waals surface area contributed by atoms with Gasteiger partial charge in [-0.15, -0.1) is 0 Å². The zero-order valence-electron chi connectivity index (χ0n) is 14.9. The average Bonchev–Trinajstić information content (AvgIpc) is 2.44. The van der Waals surface area contributed by atoms with E-state index in [0.717, 1.165) is 17.4 Å². The lowest BCUT2D eigenvalue weighted by Crippen LogP contribution is -2.42. The van der Waals surface area contributed by atoms with Crippen LogP contribution < -0.4 is 5.32 Å². The molecular weight excluding hydrogens is 356 g/mol. The molecule has 4 nitrogen and oxygen atoms in total. The van der Waals surface area contributed by atoms with Gasteiger partial charge in [0.15, 0.2) is 0 Å². The predicted molar refractivity (Wildman–Crippen MR) is 98.8 cm³/mol. The quantitative estimate of drug-likeness (QED) is 0.764. The van der Waals surface area contributed by atoms with Gasteiger partial charge in [0.25, 0.3) is 0 Å². The highest BCUT2D eigenvalue weighted by atomic mass is 79.9. The molecule has 5 heteroatoms. The topological polar surface area (TPSA) is 41.6 Å². The van der Waals surface area contributed by atoms with Gasteiger partial charge in [-0.05, 0) is 58.7 Å². The minimum Gasteiger partial charge on any atom is -0.444 e. The molecule has 0 radical (unpaired) electrons. The van der Waals surface area contributed by atoms with Crippen molar-refractivity contribution in [2.75, 3.05) is 19.6 Å². The Hall–Kier alpha value is -1.07. The minimum atomic E-state index is -0.452. The number of carbonyl (C=O) groups excluding carboxylic acids is 1. The van der Waals surface area contributed by atoms with Crippen molar-refractivity contribution in [3.63, 3.8) is 0 Å². The monoisotopic (exact) mass is 384 g/mol. The molecule has 0 aliphatic carbocycles. The molecule has 1 aromatic carbocycles. The van der Waals surface area contributed by atoms with E-state index in [2.05, 4.69) is 52.4 Å². The molecule has 0 aromatic heterocycles. The summed E-state index contributed by atoms with van der Waals surface area (Å²) in [4.78, 5) is 13.8. The second-order valence-electron chi connectivity index (χ2n) is 6.75. The number of hydrogen-bond donors (Lipinski definition) is 1. The Morgan fingerprint density at radius 2 is 1.91 bits per heavy atom. The first-order valence-corrected chi connectivity index (χ1v) is 8.96. The van der Waals surface area contributed by atoms with Crippen LogP contribution in [0.2, 0.25) is 0 Å². The summed E-state index contributed by atoms with van der Waals surface area (Å²) >= 11 is 3.45. The lowest BCUT2D eigenvalue weighted by molar-refractivity contribution is 0.0261. The Morgan fingerprint density at radius 3 is 2.43 bits per heavy atom. The van der Waals surface area contributed by atoms with Crippen molar-refractivity contribution in [1.29, 1.82) is 0 Å². The molecule has 23 heavy (non-hydrogen) atoms. The summed E-state index contributed by atoms with van der Waals surface area (Å²) in [6, 6.07) is 8.73. The molecule has 1 unspecified atom stereocenters. The lowest BCUT2D eigenvalue weighted by Gasteiger charge is -2.27. The van der Waals surface area contributed by atoms with Gasteiger partial charge >= 0.3 is 6.09 Å². The maximum Gasteiger partial charge on any atom is 0.410 e. The van der Waals surface area contributed by atoms with E-state index in [1.165, 1.54) is 5.56 Å². The van der Waals surface area contributed by atoms with E-state index in [1.54, 1.807) is 4.90 Å². The van der Waals surface area contributed by atoms with E-state index < -0.39 is 5.60 Å². The first-order chi connectivity index (χ1) is 10.7. The lowest BCUT2D eigenvalue weighted by atomic mass is 10.1. The highest BCUT2D eigenvalue weighted by Crippen LogP contribution is 2.12. The molecule has 1 rings (SSSR count). The van der Waals surface area contributed by atoms with Crippen LogP contribution in [0.5, 0.6) is 0 Å². The van der Waals surface area contributed by atoms with Crippen LogP contribution in [0.1, 0.15) is 40.2 Å². The largest absolute Gasteiger partial charge is 0.444 e. The molecule has 0 aliphatic heterocycles. The van der Waals surface area contributed by atoms with Gasteiger partial charge in [-0.2, -0.15) is 0 Å². The normalized spacial score (nSPS) is 12.8. The Kier molecular flexibility index (Phi) is 8.06. The van der Waals surface area contributed by atoms with Crippen LogP contribution in [0, 0.1) is 0 Å². The highest BCUT2D eigenvalue weighted by Gasteiger charge is 2.20. The molecule has 130 valence electrons. The number of likely N-dealkylation sites (N-methyl/N-ethyl adjacent to an activating group) is 1. The summed E-state index contributed by atoms with van der Waals surface area (Å²) in [5, 5.41) is 3.47. The number of carbonyl (C=O) groups is 1. The molecule has 0 heterocycles. The Balaban J connectivity index is 2.35. The zero-order valence-corrected chi connectivity index (χ0v) is 16.4. The SMILES string of the molecule is CCN(CCNC(C)Cc1ccc(Br)cc1)C(=O)OC(C)(C)C. The van der Waals surface area contributed by atoms with E-state index >= 15 is 0 Å². The number of nitrogens with zero attached hydrogens (tertiary/aromatic N) is 1. The fourth-order valence-electron chi connectivity index (χ4n) is 2.20. The van der Waals surface area contributed by atoms with Crippen LogP contribution in [-0.2, 0) is 11.2 Å². The molecule has 1 atom stereocenters. The van der Waals surface area contributed by atoms with Crippen molar-refractivity contribution >= 4 is 22.0 Å². The second-order valence-corrected chi connectivity index (χ2v) is 7.66. The third-order valence-corrected chi connectivity index (χ3v) is 3.89. The van der Waals surface area contributed by atoms with E-state index in [-0.39, 0.29) is 6.09 Å². The van der Waals surface area contributed by atoms with E-state index in [4.69, 9.17) is 4.74 Å². The third-order valence-electron chi connectivity index (χ3n) is 3.36. The van der Waals surface area contributed by atoms with Gasteiger partial charge in [0.1, 0.15) is 5.60 Å². The molecule has 0 saturated carbocycles. The van der Waals surface area contributed by atoms with E-state index in [1.807, 2.05) is 27.7 Å². The molecule has 0 fully saturated rings. The van der Waals surface area contributed by atoms with Gasteiger partial charge in [0, 0.05) is 30.1 Å². The van der Waals surface area contributed by atoms with Gasteiger partial charge < -0.3 is 15.0 Å². The number of benzene rings is 1. The first-order valence-electron chi connectivity index (χ1n) is 8.17. The minimum absolute atomic E-state index is 0.248. The molecule has 1 N–H and O–H groups in total. The Morgan fingerprint density at radius 1 is 1.30 bits per heavy atom. The third kappa shape index (κ3) is 8.37. The van der Waals surface area contributed by atoms with Gasteiger partial charge in [0.2, 0.25) is 0 Å². The van der Waals surface area contributed by atoms with Gasteiger partial charge in [-0.3, -0.25) is 0 Å². The van der Waals surface area contributed by atoms with E-state index in [0.29, 0.717) is 19.1 Å². The number of halogens is 1. The summed E-state index contributed by atoms with van der Waals surface area (Å²) in [5.41, 5.74) is 0.847. The summed E-state index contributed by atoms with van der Waals surface area (Å²) < 4.78 is 6.51. The summed E-state index contributed by atoms with van der Waals surface area (Å²) in [6.45, 7) is 11.8. The fourth-order valence-corrected chi connectivity index (χ4v) is 2.46. The van der Waals surface area contributed by atoms with Crippen LogP contribution in [0.4, 0.5) is 4.79 Å². The molecule has 1 amide bonds. The highest BCUT2D eigenvalue weighted by molar-refractivity contribution is 9.10. The molecule has 0 aliphatic rings. The second kappa shape index (κ2) is 9.28. The van der Waals surface area contributed by atoms with Crippen LogP contribution >= 0.6 is 15.9 Å². The van der Waals surface area contributed by atoms with Crippen molar-refractivity contribution in [3.8, 4) is 0 Å². The molecule has 0 saturated heterocycles. The van der Waals surface area contributed by atoms with Crippen LogP contribution in [0.25, 0.3) is 0 Å². The fraction of sp³-hybridized carbons (Fsp3) is 0.611. The van der Waals surface area contributed by atoms with Crippen LogP contribution in [-0.4, -0.2) is 42.3 Å². The van der Waals surface area contributed by atoms with Gasteiger partial charge in [0.05, 0.1) is 0 Å². The number of ether oxygens (including phenoxy) is 1. The standard InChI is InChI=1S/C18H29BrN2O2/c1-6-21(17(22)23-18(3,4)5)12-11-20-14(2)13-15-7-9-16(19)10-8-15/h7-10,14,20H,6,11-13H2,1-5H3. The molecule has 0 spiro atoms. The molecular formula is C18H29BrN2O2. The van der Waals surface area contributed by atoms with Gasteiger partial charge in [-0.1, -0.05) is 28.1 Å². The number of rotatable bonds is 7. The number of amides is 1.